The fourth-order valence-corrected chi connectivity index (χ4v) is 14.4. The predicted molar refractivity (Wildman–Crippen MR) is 381 cm³/mol. The largest absolute Gasteiger partial charge is 0.456 e. The van der Waals surface area contributed by atoms with Crippen molar-refractivity contribution in [2.45, 2.75) is 7.43 Å². The van der Waals surface area contributed by atoms with E-state index in [-0.39, 0.29) is 7.43 Å². The number of nitrogens with zero attached hydrogens (tertiary/aromatic N) is 4. The smallest absolute Gasteiger partial charge is 0.135 e. The highest BCUT2D eigenvalue weighted by Gasteiger charge is 2.22. The summed E-state index contributed by atoms with van der Waals surface area (Å²) in [5.74, 6) is 0. The van der Waals surface area contributed by atoms with Gasteiger partial charge in [0.25, 0.3) is 0 Å². The molecule has 14 aromatic carbocycles. The Hall–Kier alpha value is -11.9. The molecule has 0 spiro atoms. The Kier molecular flexibility index (Phi) is 12.3. The van der Waals surface area contributed by atoms with E-state index in [4.69, 9.17) is 4.42 Å². The first kappa shape index (κ1) is 52.4. The van der Waals surface area contributed by atoms with E-state index in [1.165, 1.54) is 121 Å². The standard InChI is InChI=1S/C48H32N2.C36H22N2O.CH4/c1-3-15-33(16-4-1)35-19-11-21-37(31-35)49-43-27-9-7-23-41(43)47-39(25-13-29-45(47)49)40-26-14-30-46-48(40)42-24-8-10-28-44(42)50(46)38-22-12-20-36(32-38)34-17-5-2-6-18-34;1-5-13-31-25(9-1)26-10-2-6-14-32(26)37(31)23-17-19-35-29(21-23)30-22-24(18-20-36(30)39-35)38-33-15-7-3-11-27(33)28-12-4-8-16-34(28)38;/h1-32H;1-22H;1H4. The molecule has 0 fully saturated rings. The fourth-order valence-electron chi connectivity index (χ4n) is 14.4. The van der Waals surface area contributed by atoms with Crippen molar-refractivity contribution in [2.24, 2.45) is 0 Å². The van der Waals surface area contributed by atoms with E-state index in [9.17, 15) is 0 Å². The van der Waals surface area contributed by atoms with E-state index in [1.54, 1.807) is 0 Å². The zero-order valence-electron chi connectivity index (χ0n) is 48.4. The normalized spacial score (nSPS) is 11.7. The number of benzene rings is 14. The Bertz CT molecular complexity index is 5520. The van der Waals surface area contributed by atoms with Gasteiger partial charge < -0.3 is 22.7 Å². The third-order valence-corrected chi connectivity index (χ3v) is 18.2. The Balaban J connectivity index is 0.000000141. The minimum Gasteiger partial charge on any atom is -0.456 e. The van der Waals surface area contributed by atoms with Crippen LogP contribution in [-0.2, 0) is 0 Å². The third kappa shape index (κ3) is 8.24. The summed E-state index contributed by atoms with van der Waals surface area (Å²) in [7, 11) is 0. The van der Waals surface area contributed by atoms with Crippen molar-refractivity contribution in [3.8, 4) is 56.1 Å². The summed E-state index contributed by atoms with van der Waals surface area (Å²) in [6, 6.07) is 118. The van der Waals surface area contributed by atoms with Crippen molar-refractivity contribution < 1.29 is 4.42 Å². The van der Waals surface area contributed by atoms with Gasteiger partial charge in [-0.1, -0.05) is 226 Å². The second-order valence-electron chi connectivity index (χ2n) is 23.1. The van der Waals surface area contributed by atoms with E-state index in [2.05, 4.69) is 346 Å². The highest BCUT2D eigenvalue weighted by atomic mass is 16.3. The van der Waals surface area contributed by atoms with Crippen molar-refractivity contribution in [1.29, 1.82) is 0 Å². The molecule has 5 nitrogen and oxygen atoms in total. The summed E-state index contributed by atoms with van der Waals surface area (Å²) in [6.45, 7) is 0. The molecular weight excluding hydrogens is 1090 g/mol. The summed E-state index contributed by atoms with van der Waals surface area (Å²) < 4.78 is 15.9. The minimum absolute atomic E-state index is 0. The molecule has 424 valence electrons. The molecule has 0 N–H and O–H groups in total. The average molecular weight is 1150 g/mol. The molecule has 19 rings (SSSR count). The molecule has 0 radical (unpaired) electrons. The molecule has 5 heteroatoms. The molecule has 5 aromatic heterocycles. The quantitative estimate of drug-likeness (QED) is 0.157. The van der Waals surface area contributed by atoms with Gasteiger partial charge in [-0.3, -0.25) is 0 Å². The molecule has 19 aromatic rings. The van der Waals surface area contributed by atoms with E-state index < -0.39 is 0 Å². The Morgan fingerprint density at radius 2 is 0.467 bits per heavy atom. The lowest BCUT2D eigenvalue weighted by molar-refractivity contribution is 0.669. The lowest BCUT2D eigenvalue weighted by Gasteiger charge is -2.12. The molecule has 0 amide bonds. The molecule has 0 aliphatic rings. The molecule has 0 aliphatic carbocycles. The predicted octanol–water partition coefficient (Wildman–Crippen LogP) is 23.3. The highest BCUT2D eigenvalue weighted by Crippen LogP contribution is 2.45. The van der Waals surface area contributed by atoms with Crippen LogP contribution in [0.4, 0.5) is 0 Å². The van der Waals surface area contributed by atoms with Crippen LogP contribution in [0.2, 0.25) is 0 Å². The van der Waals surface area contributed by atoms with Gasteiger partial charge in [-0.25, -0.2) is 0 Å². The first-order chi connectivity index (χ1) is 44.2. The first-order valence-corrected chi connectivity index (χ1v) is 30.5. The van der Waals surface area contributed by atoms with Gasteiger partial charge in [-0.2, -0.15) is 0 Å². The number of fused-ring (bicyclic) bond motifs is 15. The molecule has 0 atom stereocenters. The Morgan fingerprint density at radius 3 is 0.844 bits per heavy atom. The third-order valence-electron chi connectivity index (χ3n) is 18.2. The molecule has 5 heterocycles. The maximum Gasteiger partial charge on any atom is 0.135 e. The first-order valence-electron chi connectivity index (χ1n) is 30.5. The van der Waals surface area contributed by atoms with E-state index in [0.717, 1.165) is 44.7 Å². The van der Waals surface area contributed by atoms with Gasteiger partial charge in [-0.15, -0.1) is 0 Å². The number of hydrogen-bond donors (Lipinski definition) is 0. The van der Waals surface area contributed by atoms with Crippen LogP contribution in [0.25, 0.3) is 165 Å². The van der Waals surface area contributed by atoms with Gasteiger partial charge in [0, 0.05) is 76.6 Å². The molecule has 0 bridgehead atoms. The zero-order valence-corrected chi connectivity index (χ0v) is 48.4. The van der Waals surface area contributed by atoms with Gasteiger partial charge in [-0.05, 0) is 143 Å². The number of hydrogen-bond acceptors (Lipinski definition) is 1. The number of para-hydroxylation sites is 6. The van der Waals surface area contributed by atoms with Crippen molar-refractivity contribution in [3.63, 3.8) is 0 Å². The summed E-state index contributed by atoms with van der Waals surface area (Å²) in [5.41, 5.74) is 23.3. The zero-order chi connectivity index (χ0) is 58.5. The van der Waals surface area contributed by atoms with Crippen molar-refractivity contribution in [3.05, 3.63) is 328 Å². The molecule has 0 unspecified atom stereocenters. The monoisotopic (exact) mass is 1150 g/mol. The van der Waals surface area contributed by atoms with Crippen molar-refractivity contribution >= 4 is 109 Å². The van der Waals surface area contributed by atoms with Gasteiger partial charge in [0.05, 0.1) is 44.1 Å². The molecule has 0 saturated heterocycles. The van der Waals surface area contributed by atoms with Crippen LogP contribution in [-0.4, -0.2) is 18.3 Å². The fraction of sp³-hybridized carbons (Fsp3) is 0.0118. The summed E-state index contributed by atoms with van der Waals surface area (Å²) in [6.07, 6.45) is 0. The van der Waals surface area contributed by atoms with Crippen LogP contribution in [0.3, 0.4) is 0 Å². The summed E-state index contributed by atoms with van der Waals surface area (Å²) >= 11 is 0. The van der Waals surface area contributed by atoms with Gasteiger partial charge in [0.1, 0.15) is 11.2 Å². The SMILES string of the molecule is C.c1ccc(-c2cccc(-n3c4ccccc4c4c(-c5cccc6c5c5ccccc5n6-c5cccc(-c6ccccc6)c5)cccc43)c2)cc1.c1ccc2c(c1)c1ccccc1n2-c1ccc2oc3ccc(-n4c5ccccc5c5ccccc54)cc3c2c1. The maximum absolute atomic E-state index is 6.33. The van der Waals surface area contributed by atoms with E-state index >= 15 is 0 Å². The van der Waals surface area contributed by atoms with Crippen LogP contribution in [0.1, 0.15) is 7.43 Å². The van der Waals surface area contributed by atoms with Gasteiger partial charge >= 0.3 is 0 Å². The molecule has 0 saturated carbocycles. The maximum atomic E-state index is 6.33. The van der Waals surface area contributed by atoms with Gasteiger partial charge in [0.15, 0.2) is 0 Å². The van der Waals surface area contributed by atoms with Crippen LogP contribution < -0.4 is 0 Å². The second-order valence-corrected chi connectivity index (χ2v) is 23.1. The van der Waals surface area contributed by atoms with Crippen LogP contribution in [0.5, 0.6) is 0 Å². The number of rotatable bonds is 7. The Labute approximate surface area is 520 Å². The summed E-state index contributed by atoms with van der Waals surface area (Å²) in [5, 5.41) is 12.3. The van der Waals surface area contributed by atoms with E-state index in [1.807, 2.05) is 0 Å². The van der Waals surface area contributed by atoms with Crippen molar-refractivity contribution in [1.82, 2.24) is 18.3 Å². The van der Waals surface area contributed by atoms with Gasteiger partial charge in [0.2, 0.25) is 0 Å². The molecular formula is C85H58N4O. The average Bonchev–Trinajstić information content (AvgIpc) is 1.59. The van der Waals surface area contributed by atoms with Crippen LogP contribution in [0.15, 0.2) is 332 Å². The molecule has 90 heavy (non-hydrogen) atoms. The van der Waals surface area contributed by atoms with Crippen molar-refractivity contribution in [2.75, 3.05) is 0 Å². The van der Waals surface area contributed by atoms with E-state index in [0.29, 0.717) is 0 Å². The topological polar surface area (TPSA) is 32.9 Å². The lowest BCUT2D eigenvalue weighted by atomic mass is 9.95. The van der Waals surface area contributed by atoms with Crippen LogP contribution in [0, 0.1) is 0 Å². The Morgan fingerprint density at radius 1 is 0.189 bits per heavy atom. The second kappa shape index (κ2) is 21.2. The van der Waals surface area contributed by atoms with Crippen LogP contribution >= 0.6 is 0 Å². The minimum atomic E-state index is 0. The number of aromatic nitrogens is 4. The molecule has 0 aliphatic heterocycles. The highest BCUT2D eigenvalue weighted by molar-refractivity contribution is 6.22. The number of furan rings is 1. The lowest BCUT2D eigenvalue weighted by Crippen LogP contribution is -1.95. The summed E-state index contributed by atoms with van der Waals surface area (Å²) in [4.78, 5) is 0.